The van der Waals surface area contributed by atoms with Gasteiger partial charge in [-0.3, -0.25) is 9.59 Å². The summed E-state index contributed by atoms with van der Waals surface area (Å²) in [5.74, 6) is -0.00578. The fraction of sp³-hybridized carbons (Fsp3) is 0.833. The summed E-state index contributed by atoms with van der Waals surface area (Å²) in [6.07, 6.45) is 2.01. The van der Waals surface area contributed by atoms with Crippen LogP contribution < -0.4 is 16.4 Å². The Kier molecular flexibility index (Phi) is 4.51. The number of primary amides is 1. The van der Waals surface area contributed by atoms with E-state index in [1.807, 2.05) is 20.8 Å². The highest BCUT2D eigenvalue weighted by Gasteiger charge is 2.30. The Bertz CT molecular complexity index is 293. The van der Waals surface area contributed by atoms with E-state index >= 15 is 0 Å². The molecule has 1 rings (SSSR count). The molecule has 0 aromatic rings. The van der Waals surface area contributed by atoms with Gasteiger partial charge in [0, 0.05) is 19.0 Å². The third-order valence-electron chi connectivity index (χ3n) is 2.87. The quantitative estimate of drug-likeness (QED) is 0.572. The molecule has 5 heteroatoms. The highest BCUT2D eigenvalue weighted by molar-refractivity contribution is 5.81. The van der Waals surface area contributed by atoms with Gasteiger partial charge in [-0.1, -0.05) is 20.8 Å². The number of rotatable bonds is 6. The summed E-state index contributed by atoms with van der Waals surface area (Å²) >= 11 is 0. The maximum atomic E-state index is 11.4. The number of amides is 2. The van der Waals surface area contributed by atoms with Crippen LogP contribution in [-0.2, 0) is 9.59 Å². The molecule has 1 aliphatic rings. The topological polar surface area (TPSA) is 84.2 Å². The van der Waals surface area contributed by atoms with E-state index in [-0.39, 0.29) is 29.2 Å². The first-order valence-electron chi connectivity index (χ1n) is 6.13. The molecule has 1 saturated carbocycles. The van der Waals surface area contributed by atoms with Gasteiger partial charge >= 0.3 is 0 Å². The van der Waals surface area contributed by atoms with Crippen LogP contribution in [0.4, 0.5) is 0 Å². The Morgan fingerprint density at radius 1 is 1.29 bits per heavy atom. The Morgan fingerprint density at radius 3 is 2.29 bits per heavy atom. The number of carbonyl (C=O) groups is 2. The summed E-state index contributed by atoms with van der Waals surface area (Å²) in [5, 5.41) is 5.92. The summed E-state index contributed by atoms with van der Waals surface area (Å²) in [4.78, 5) is 22.6. The van der Waals surface area contributed by atoms with Gasteiger partial charge in [-0.25, -0.2) is 0 Å². The van der Waals surface area contributed by atoms with Crippen LogP contribution in [0.5, 0.6) is 0 Å². The van der Waals surface area contributed by atoms with Crippen LogP contribution in [0.2, 0.25) is 0 Å². The largest absolute Gasteiger partial charge is 0.368 e. The summed E-state index contributed by atoms with van der Waals surface area (Å²) in [5.41, 5.74) is 5.12. The molecule has 0 aromatic heterocycles. The minimum atomic E-state index is -0.375. The van der Waals surface area contributed by atoms with E-state index in [4.69, 9.17) is 5.73 Å². The molecule has 1 aliphatic carbocycles. The molecule has 0 radical (unpaired) electrons. The van der Waals surface area contributed by atoms with Gasteiger partial charge in [-0.05, 0) is 18.3 Å². The van der Waals surface area contributed by atoms with E-state index in [0.29, 0.717) is 13.1 Å². The van der Waals surface area contributed by atoms with Gasteiger partial charge in [0.1, 0.15) is 0 Å². The lowest BCUT2D eigenvalue weighted by atomic mass is 9.86. The first-order chi connectivity index (χ1) is 7.82. The molecule has 0 spiro atoms. The van der Waals surface area contributed by atoms with Crippen LogP contribution >= 0.6 is 0 Å². The maximum Gasteiger partial charge on any atom is 0.235 e. The molecule has 1 fully saturated rings. The zero-order valence-corrected chi connectivity index (χ0v) is 10.9. The standard InChI is InChI=1S/C12H23N3O2/c1-12(2,3)9(10(13)16)14-6-7-15-11(17)8-4-5-8/h8-9,14H,4-7H2,1-3H3,(H2,13,16)(H,15,17)/t9-/m1/s1. The molecule has 0 aromatic carbocycles. The molecule has 1 atom stereocenters. The molecule has 0 aliphatic heterocycles. The van der Waals surface area contributed by atoms with E-state index in [1.54, 1.807) is 0 Å². The van der Waals surface area contributed by atoms with E-state index in [1.165, 1.54) is 0 Å². The molecule has 0 bridgehead atoms. The molecular formula is C12H23N3O2. The fourth-order valence-corrected chi connectivity index (χ4v) is 1.73. The Morgan fingerprint density at radius 2 is 1.88 bits per heavy atom. The average molecular weight is 241 g/mol. The first kappa shape index (κ1) is 14.0. The maximum absolute atomic E-state index is 11.4. The zero-order chi connectivity index (χ0) is 13.1. The van der Waals surface area contributed by atoms with Gasteiger partial charge in [-0.2, -0.15) is 0 Å². The smallest absolute Gasteiger partial charge is 0.235 e. The highest BCUT2D eigenvalue weighted by atomic mass is 16.2. The molecule has 0 saturated heterocycles. The van der Waals surface area contributed by atoms with Crippen molar-refractivity contribution in [1.29, 1.82) is 0 Å². The lowest BCUT2D eigenvalue weighted by molar-refractivity contribution is -0.122. The Hall–Kier alpha value is -1.10. The lowest BCUT2D eigenvalue weighted by Gasteiger charge is -2.28. The second kappa shape index (κ2) is 5.49. The summed E-state index contributed by atoms with van der Waals surface area (Å²) in [6.45, 7) is 6.97. The summed E-state index contributed by atoms with van der Waals surface area (Å²) in [7, 11) is 0. The number of hydrogen-bond donors (Lipinski definition) is 3. The van der Waals surface area contributed by atoms with Gasteiger partial charge in [0.25, 0.3) is 0 Å². The van der Waals surface area contributed by atoms with Crippen LogP contribution in [0.3, 0.4) is 0 Å². The monoisotopic (exact) mass is 241 g/mol. The molecular weight excluding hydrogens is 218 g/mol. The molecule has 5 nitrogen and oxygen atoms in total. The number of nitrogens with one attached hydrogen (secondary N) is 2. The van der Waals surface area contributed by atoms with Crippen molar-refractivity contribution in [2.24, 2.45) is 17.1 Å². The molecule has 17 heavy (non-hydrogen) atoms. The zero-order valence-electron chi connectivity index (χ0n) is 10.9. The highest BCUT2D eigenvalue weighted by Crippen LogP contribution is 2.28. The van der Waals surface area contributed by atoms with Crippen molar-refractivity contribution < 1.29 is 9.59 Å². The third-order valence-corrected chi connectivity index (χ3v) is 2.87. The number of carbonyl (C=O) groups excluding carboxylic acids is 2. The minimum Gasteiger partial charge on any atom is -0.368 e. The normalized spacial score (nSPS) is 17.6. The van der Waals surface area contributed by atoms with Crippen molar-refractivity contribution in [1.82, 2.24) is 10.6 Å². The second-order valence-electron chi connectivity index (χ2n) is 5.72. The van der Waals surface area contributed by atoms with Crippen LogP contribution in [0.1, 0.15) is 33.6 Å². The van der Waals surface area contributed by atoms with Crippen molar-refractivity contribution in [2.45, 2.75) is 39.7 Å². The minimum absolute atomic E-state index is 0.123. The van der Waals surface area contributed by atoms with Crippen molar-refractivity contribution in [3.8, 4) is 0 Å². The van der Waals surface area contributed by atoms with Crippen molar-refractivity contribution >= 4 is 11.8 Å². The molecule has 4 N–H and O–H groups in total. The van der Waals surface area contributed by atoms with Crippen LogP contribution in [-0.4, -0.2) is 30.9 Å². The van der Waals surface area contributed by atoms with E-state index in [2.05, 4.69) is 10.6 Å². The van der Waals surface area contributed by atoms with Gasteiger partial charge in [0.15, 0.2) is 0 Å². The van der Waals surface area contributed by atoms with Gasteiger partial charge < -0.3 is 16.4 Å². The van der Waals surface area contributed by atoms with Crippen molar-refractivity contribution in [2.75, 3.05) is 13.1 Å². The van der Waals surface area contributed by atoms with Gasteiger partial charge in [0.05, 0.1) is 6.04 Å². The summed E-state index contributed by atoms with van der Waals surface area (Å²) < 4.78 is 0. The Labute approximate surface area is 103 Å². The van der Waals surface area contributed by atoms with Crippen LogP contribution in [0.25, 0.3) is 0 Å². The number of nitrogens with two attached hydrogens (primary N) is 1. The predicted molar refractivity (Wildman–Crippen MR) is 66.2 cm³/mol. The first-order valence-corrected chi connectivity index (χ1v) is 6.13. The lowest BCUT2D eigenvalue weighted by Crippen LogP contribution is -2.51. The van der Waals surface area contributed by atoms with Crippen LogP contribution in [0, 0.1) is 11.3 Å². The Balaban J connectivity index is 2.22. The molecule has 0 heterocycles. The predicted octanol–water partition coefficient (Wildman–Crippen LogP) is 0.00220. The SMILES string of the molecule is CC(C)(C)[C@H](NCCNC(=O)C1CC1)C(N)=O. The van der Waals surface area contributed by atoms with E-state index in [9.17, 15) is 9.59 Å². The van der Waals surface area contributed by atoms with Gasteiger partial charge in [-0.15, -0.1) is 0 Å². The molecule has 0 unspecified atom stereocenters. The molecule has 2 amide bonds. The molecule has 98 valence electrons. The third kappa shape index (κ3) is 4.73. The number of hydrogen-bond acceptors (Lipinski definition) is 3. The van der Waals surface area contributed by atoms with E-state index in [0.717, 1.165) is 12.8 Å². The van der Waals surface area contributed by atoms with Crippen molar-refractivity contribution in [3.63, 3.8) is 0 Å². The average Bonchev–Trinajstić information content (AvgIpc) is 2.97. The summed E-state index contributed by atoms with van der Waals surface area (Å²) in [6, 6.07) is -0.375. The van der Waals surface area contributed by atoms with E-state index < -0.39 is 0 Å². The van der Waals surface area contributed by atoms with Gasteiger partial charge in [0.2, 0.25) is 11.8 Å². The van der Waals surface area contributed by atoms with Crippen LogP contribution in [0.15, 0.2) is 0 Å². The van der Waals surface area contributed by atoms with Crippen molar-refractivity contribution in [3.05, 3.63) is 0 Å². The second-order valence-corrected chi connectivity index (χ2v) is 5.72. The fourth-order valence-electron chi connectivity index (χ4n) is 1.73.